The SMILES string of the molecule is O=C1CCC(N2Cc3cc4c(cc3C2=O)OCC42CCN(Cc3cccc4cnccc34)CC2)C(=O)N1. The van der Waals surface area contributed by atoms with Gasteiger partial charge >= 0.3 is 0 Å². The molecule has 4 aliphatic heterocycles. The summed E-state index contributed by atoms with van der Waals surface area (Å²) in [6, 6.07) is 11.9. The van der Waals surface area contributed by atoms with E-state index >= 15 is 0 Å². The van der Waals surface area contributed by atoms with Crippen LogP contribution in [-0.4, -0.2) is 58.2 Å². The highest BCUT2D eigenvalue weighted by molar-refractivity contribution is 6.05. The number of amides is 3. The third kappa shape index (κ3) is 3.62. The Hall–Kier alpha value is -3.78. The van der Waals surface area contributed by atoms with E-state index in [0.29, 0.717) is 25.1 Å². The Morgan fingerprint density at radius 1 is 1.11 bits per heavy atom. The second-order valence-electron chi connectivity index (χ2n) is 10.8. The molecule has 3 amide bonds. The van der Waals surface area contributed by atoms with Gasteiger partial charge in [-0.2, -0.15) is 0 Å². The van der Waals surface area contributed by atoms with E-state index in [1.165, 1.54) is 21.9 Å². The van der Waals surface area contributed by atoms with Gasteiger partial charge in [0, 0.05) is 53.8 Å². The van der Waals surface area contributed by atoms with Crippen LogP contribution in [0.4, 0.5) is 0 Å². The predicted molar refractivity (Wildman–Crippen MR) is 136 cm³/mol. The van der Waals surface area contributed by atoms with Gasteiger partial charge in [-0.15, -0.1) is 0 Å². The molecule has 0 bridgehead atoms. The predicted octanol–water partition coefficient (Wildman–Crippen LogP) is 2.92. The quantitative estimate of drug-likeness (QED) is 0.561. The summed E-state index contributed by atoms with van der Waals surface area (Å²) in [7, 11) is 0. The molecule has 5 heterocycles. The molecule has 0 aliphatic carbocycles. The van der Waals surface area contributed by atoms with Gasteiger partial charge < -0.3 is 9.64 Å². The number of hydrogen-bond acceptors (Lipinski definition) is 6. The number of ether oxygens (including phenoxy) is 1. The van der Waals surface area contributed by atoms with Crippen molar-refractivity contribution in [3.05, 3.63) is 71.0 Å². The van der Waals surface area contributed by atoms with Crippen LogP contribution in [0.5, 0.6) is 5.75 Å². The first-order valence-electron chi connectivity index (χ1n) is 13.0. The average molecular weight is 497 g/mol. The number of imide groups is 1. The monoisotopic (exact) mass is 496 g/mol. The van der Waals surface area contributed by atoms with Crippen LogP contribution < -0.4 is 10.1 Å². The molecule has 2 aromatic carbocycles. The normalized spacial score (nSPS) is 22.8. The highest BCUT2D eigenvalue weighted by Gasteiger charge is 2.46. The maximum atomic E-state index is 13.2. The van der Waals surface area contributed by atoms with E-state index in [0.717, 1.165) is 43.8 Å². The number of rotatable bonds is 3. The number of pyridine rings is 1. The minimum atomic E-state index is -0.601. The van der Waals surface area contributed by atoms with Gasteiger partial charge in [0.15, 0.2) is 0 Å². The Bertz CT molecular complexity index is 1450. The fourth-order valence-electron chi connectivity index (χ4n) is 6.54. The van der Waals surface area contributed by atoms with Gasteiger partial charge in [0.1, 0.15) is 11.8 Å². The number of fused-ring (bicyclic) bond motifs is 4. The smallest absolute Gasteiger partial charge is 0.255 e. The number of piperidine rings is 2. The second-order valence-corrected chi connectivity index (χ2v) is 10.8. The summed E-state index contributed by atoms with van der Waals surface area (Å²) in [6.07, 6.45) is 6.39. The fraction of sp³-hybridized carbons (Fsp3) is 0.379. The maximum Gasteiger partial charge on any atom is 0.255 e. The van der Waals surface area contributed by atoms with Crippen LogP contribution in [0.3, 0.4) is 0 Å². The van der Waals surface area contributed by atoms with E-state index in [2.05, 4.69) is 45.5 Å². The van der Waals surface area contributed by atoms with Gasteiger partial charge in [-0.1, -0.05) is 18.2 Å². The van der Waals surface area contributed by atoms with Crippen molar-refractivity contribution in [2.24, 2.45) is 0 Å². The first-order valence-corrected chi connectivity index (χ1v) is 13.0. The third-order valence-electron chi connectivity index (χ3n) is 8.68. The van der Waals surface area contributed by atoms with Crippen molar-refractivity contribution in [2.75, 3.05) is 19.7 Å². The van der Waals surface area contributed by atoms with Crippen LogP contribution in [0.2, 0.25) is 0 Å². The van der Waals surface area contributed by atoms with E-state index in [4.69, 9.17) is 4.74 Å². The first kappa shape index (κ1) is 22.4. The molecule has 0 radical (unpaired) electrons. The van der Waals surface area contributed by atoms with Crippen molar-refractivity contribution in [1.29, 1.82) is 0 Å². The molecule has 8 heteroatoms. The Labute approximate surface area is 214 Å². The van der Waals surface area contributed by atoms with Gasteiger partial charge in [-0.25, -0.2) is 0 Å². The average Bonchev–Trinajstić information content (AvgIpc) is 3.41. The number of nitrogens with zero attached hydrogens (tertiary/aromatic N) is 3. The van der Waals surface area contributed by atoms with Crippen LogP contribution in [0.15, 0.2) is 48.8 Å². The molecule has 1 spiro atoms. The number of hydrogen-bond donors (Lipinski definition) is 1. The van der Waals surface area contributed by atoms with Crippen molar-refractivity contribution in [2.45, 2.75) is 50.2 Å². The number of carbonyl (C=O) groups excluding carboxylic acids is 3. The zero-order valence-electron chi connectivity index (χ0n) is 20.5. The van der Waals surface area contributed by atoms with Crippen LogP contribution in [0.1, 0.15) is 52.7 Å². The van der Waals surface area contributed by atoms with Gasteiger partial charge in [-0.05, 0) is 67.1 Å². The summed E-state index contributed by atoms with van der Waals surface area (Å²) in [4.78, 5) is 45.5. The van der Waals surface area contributed by atoms with Crippen molar-refractivity contribution in [1.82, 2.24) is 20.1 Å². The van der Waals surface area contributed by atoms with Gasteiger partial charge in [0.25, 0.3) is 5.91 Å². The van der Waals surface area contributed by atoms with Crippen LogP contribution in [0, 0.1) is 0 Å². The van der Waals surface area contributed by atoms with Crippen molar-refractivity contribution in [3.63, 3.8) is 0 Å². The zero-order chi connectivity index (χ0) is 25.1. The molecule has 1 unspecified atom stereocenters. The molecule has 8 nitrogen and oxygen atoms in total. The summed E-state index contributed by atoms with van der Waals surface area (Å²) in [6.45, 7) is 3.89. The molecule has 4 aliphatic rings. The molecule has 188 valence electrons. The van der Waals surface area contributed by atoms with Gasteiger partial charge in [0.2, 0.25) is 11.8 Å². The number of likely N-dealkylation sites (tertiary alicyclic amines) is 1. The molecule has 1 aromatic heterocycles. The lowest BCUT2D eigenvalue weighted by atomic mass is 9.73. The topological polar surface area (TPSA) is 91.8 Å². The molecular weight excluding hydrogens is 468 g/mol. The number of aromatic nitrogens is 1. The molecule has 1 atom stereocenters. The van der Waals surface area contributed by atoms with E-state index in [1.54, 1.807) is 4.90 Å². The lowest BCUT2D eigenvalue weighted by Gasteiger charge is -2.38. The molecule has 2 fully saturated rings. The van der Waals surface area contributed by atoms with E-state index in [1.807, 2.05) is 18.5 Å². The highest BCUT2D eigenvalue weighted by atomic mass is 16.5. The molecule has 1 N–H and O–H groups in total. The van der Waals surface area contributed by atoms with Gasteiger partial charge in [0.05, 0.1) is 6.61 Å². The molecule has 0 saturated carbocycles. The minimum Gasteiger partial charge on any atom is -0.492 e. The van der Waals surface area contributed by atoms with E-state index in [9.17, 15) is 14.4 Å². The Morgan fingerprint density at radius 2 is 1.97 bits per heavy atom. The summed E-state index contributed by atoms with van der Waals surface area (Å²) >= 11 is 0. The Morgan fingerprint density at radius 3 is 2.81 bits per heavy atom. The van der Waals surface area contributed by atoms with Crippen molar-refractivity contribution >= 4 is 28.5 Å². The minimum absolute atomic E-state index is 0.0470. The molecule has 2 saturated heterocycles. The molecular formula is C29H28N4O4. The Kier molecular flexibility index (Phi) is 5.08. The highest BCUT2D eigenvalue weighted by Crippen LogP contribution is 2.48. The molecule has 3 aromatic rings. The van der Waals surface area contributed by atoms with Crippen LogP contribution in [0.25, 0.3) is 10.8 Å². The van der Waals surface area contributed by atoms with Crippen LogP contribution >= 0.6 is 0 Å². The zero-order valence-corrected chi connectivity index (χ0v) is 20.5. The van der Waals surface area contributed by atoms with E-state index < -0.39 is 6.04 Å². The molecule has 7 rings (SSSR count). The lowest BCUT2D eigenvalue weighted by Crippen LogP contribution is -2.52. The number of benzene rings is 2. The lowest BCUT2D eigenvalue weighted by molar-refractivity contribution is -0.136. The molecule has 37 heavy (non-hydrogen) atoms. The Balaban J connectivity index is 1.09. The van der Waals surface area contributed by atoms with Crippen molar-refractivity contribution < 1.29 is 19.1 Å². The fourth-order valence-corrected chi connectivity index (χ4v) is 6.54. The van der Waals surface area contributed by atoms with Gasteiger partial charge in [-0.3, -0.25) is 29.6 Å². The second kappa shape index (κ2) is 8.38. The largest absolute Gasteiger partial charge is 0.492 e. The summed E-state index contributed by atoms with van der Waals surface area (Å²) in [5.74, 6) is -0.0137. The van der Waals surface area contributed by atoms with E-state index in [-0.39, 0.29) is 29.6 Å². The third-order valence-corrected chi connectivity index (χ3v) is 8.68. The van der Waals surface area contributed by atoms with Crippen LogP contribution in [-0.2, 0) is 28.1 Å². The summed E-state index contributed by atoms with van der Waals surface area (Å²) < 4.78 is 6.17. The number of nitrogens with one attached hydrogen (secondary N) is 1. The number of carbonyl (C=O) groups is 3. The maximum absolute atomic E-state index is 13.2. The van der Waals surface area contributed by atoms with Crippen molar-refractivity contribution in [3.8, 4) is 5.75 Å². The summed E-state index contributed by atoms with van der Waals surface area (Å²) in [5.41, 5.74) is 4.03. The standard InChI is InChI=1S/C29H28N4O4/c34-26-5-4-24(27(35)31-26)33-16-20-12-23-25(13-22(20)28(33)36)37-17-29(23)7-10-32(11-8-29)15-19-3-1-2-18-14-30-9-6-21(18)19/h1-3,6,9,12-14,24H,4-5,7-8,10-11,15-17H2,(H,31,34,35). The first-order chi connectivity index (χ1) is 18.0. The summed E-state index contributed by atoms with van der Waals surface area (Å²) in [5, 5.41) is 4.80.